The van der Waals surface area contributed by atoms with Crippen molar-refractivity contribution in [1.29, 1.82) is 0 Å². The molecule has 1 saturated heterocycles. The first-order valence-corrected chi connectivity index (χ1v) is 11.7. The highest BCUT2D eigenvalue weighted by Gasteiger charge is 2.38. The average molecular weight is 523 g/mol. The maximum Gasteiger partial charge on any atom is 0.490 e. The van der Waals surface area contributed by atoms with E-state index in [0.717, 1.165) is 42.9 Å². The molecule has 1 amide bonds. The number of nitrogens with zero attached hydrogens (tertiary/aromatic N) is 4. The van der Waals surface area contributed by atoms with Gasteiger partial charge in [0.25, 0.3) is 5.91 Å². The van der Waals surface area contributed by atoms with E-state index in [9.17, 15) is 18.0 Å². The largest absolute Gasteiger partial charge is 0.490 e. The van der Waals surface area contributed by atoms with Crippen LogP contribution in [-0.4, -0.2) is 76.3 Å². The van der Waals surface area contributed by atoms with Gasteiger partial charge in [-0.3, -0.25) is 4.79 Å². The third-order valence-corrected chi connectivity index (χ3v) is 6.30. The first kappa shape index (κ1) is 25.4. The lowest BCUT2D eigenvalue weighted by Crippen LogP contribution is -2.34. The number of carbonyl (C=O) groups excluding carboxylic acids is 1. The molecule has 4 heterocycles. The van der Waals surface area contributed by atoms with Crippen LogP contribution in [0.2, 0.25) is 0 Å². The summed E-state index contributed by atoms with van der Waals surface area (Å²) in [5.41, 5.74) is 2.42. The van der Waals surface area contributed by atoms with E-state index in [-0.39, 0.29) is 5.91 Å². The number of carboxylic acids is 1. The second kappa shape index (κ2) is 10.5. The summed E-state index contributed by atoms with van der Waals surface area (Å²) in [5.74, 6) is -2.17. The third-order valence-electron chi connectivity index (χ3n) is 5.44. The minimum atomic E-state index is -5.08. The van der Waals surface area contributed by atoms with Crippen molar-refractivity contribution >= 4 is 34.2 Å². The first-order chi connectivity index (χ1) is 17.1. The lowest BCUT2D eigenvalue weighted by atomic mass is 10.1. The summed E-state index contributed by atoms with van der Waals surface area (Å²) < 4.78 is 42.8. The van der Waals surface area contributed by atoms with Crippen molar-refractivity contribution in [3.8, 4) is 22.2 Å². The summed E-state index contributed by atoms with van der Waals surface area (Å²) in [5, 5.41) is 14.0. The van der Waals surface area contributed by atoms with Crippen molar-refractivity contribution < 1.29 is 36.8 Å². The molecule has 0 radical (unpaired) electrons. The highest BCUT2D eigenvalue weighted by molar-refractivity contribution is 7.13. The number of hydrogen-bond acceptors (Lipinski definition) is 8. The van der Waals surface area contributed by atoms with Gasteiger partial charge in [-0.2, -0.15) is 13.2 Å². The van der Waals surface area contributed by atoms with Crippen LogP contribution in [0, 0.1) is 0 Å². The van der Waals surface area contributed by atoms with E-state index in [2.05, 4.69) is 22.1 Å². The lowest BCUT2D eigenvalue weighted by molar-refractivity contribution is -0.192. The van der Waals surface area contributed by atoms with Crippen molar-refractivity contribution in [3.05, 3.63) is 47.5 Å². The zero-order chi connectivity index (χ0) is 25.9. The molecule has 3 aromatic heterocycles. The van der Waals surface area contributed by atoms with E-state index in [1.54, 1.807) is 29.7 Å². The molecule has 5 rings (SSSR count). The average Bonchev–Trinajstić information content (AvgIpc) is 3.58. The van der Waals surface area contributed by atoms with Crippen LogP contribution >= 0.6 is 11.3 Å². The number of rotatable bonds is 3. The van der Waals surface area contributed by atoms with Crippen LogP contribution in [0.15, 0.2) is 50.9 Å². The van der Waals surface area contributed by atoms with Gasteiger partial charge in [-0.15, -0.1) is 11.3 Å². The number of alkyl halides is 3. The standard InChI is InChI=1S/C21H20N4O3S.C2HF3O2/c1-24-7-3-8-25(10-9-24)21(26)14-5-6-17-15(12-14)19(23-28-17)16-13-27-20(22-16)18-4-2-11-29-18;3-2(4,5)1(6)7/h2,4-6,11-13H,3,7-10H2,1H3;(H,6,7). The molecule has 36 heavy (non-hydrogen) atoms. The van der Waals surface area contributed by atoms with E-state index in [1.165, 1.54) is 0 Å². The number of likely N-dealkylation sites (N-methyl/N-ethyl adjacent to an activating group) is 1. The Morgan fingerprint density at radius 2 is 1.92 bits per heavy atom. The van der Waals surface area contributed by atoms with Crippen molar-refractivity contribution in [3.63, 3.8) is 0 Å². The fourth-order valence-electron chi connectivity index (χ4n) is 3.58. The Morgan fingerprint density at radius 3 is 2.61 bits per heavy atom. The number of amides is 1. The molecule has 0 unspecified atom stereocenters. The molecule has 9 nitrogen and oxygen atoms in total. The molecule has 0 saturated carbocycles. The SMILES string of the molecule is CN1CCCN(C(=O)c2ccc3onc(-c4coc(-c5cccs5)n4)c3c2)CC1.O=C(O)C(F)(F)F. The smallest absolute Gasteiger partial charge is 0.475 e. The van der Waals surface area contributed by atoms with Crippen LogP contribution in [0.3, 0.4) is 0 Å². The Morgan fingerprint density at radius 1 is 1.14 bits per heavy atom. The molecule has 0 aliphatic carbocycles. The van der Waals surface area contributed by atoms with Crippen molar-refractivity contribution in [2.45, 2.75) is 12.6 Å². The quantitative estimate of drug-likeness (QED) is 0.415. The summed E-state index contributed by atoms with van der Waals surface area (Å²) in [6.07, 6.45) is -2.53. The van der Waals surface area contributed by atoms with Gasteiger partial charge in [0.15, 0.2) is 5.58 Å². The Labute approximate surface area is 206 Å². The van der Waals surface area contributed by atoms with Gasteiger partial charge in [0.1, 0.15) is 17.7 Å². The maximum absolute atomic E-state index is 13.1. The van der Waals surface area contributed by atoms with Crippen LogP contribution in [0.4, 0.5) is 13.2 Å². The van der Waals surface area contributed by atoms with Gasteiger partial charge in [0.05, 0.1) is 10.3 Å². The highest BCUT2D eigenvalue weighted by Crippen LogP contribution is 2.32. The van der Waals surface area contributed by atoms with Gasteiger partial charge >= 0.3 is 12.1 Å². The number of thiophene rings is 1. The number of aromatic nitrogens is 2. The monoisotopic (exact) mass is 522 g/mol. The topological polar surface area (TPSA) is 113 Å². The van der Waals surface area contributed by atoms with E-state index in [0.29, 0.717) is 28.4 Å². The molecule has 0 atom stereocenters. The van der Waals surface area contributed by atoms with Gasteiger partial charge in [0.2, 0.25) is 5.89 Å². The number of aliphatic carboxylic acids is 1. The van der Waals surface area contributed by atoms with Crippen LogP contribution in [0.5, 0.6) is 0 Å². The van der Waals surface area contributed by atoms with Crippen LogP contribution < -0.4 is 0 Å². The number of oxazole rings is 1. The van der Waals surface area contributed by atoms with E-state index in [1.807, 2.05) is 28.5 Å². The molecule has 1 fully saturated rings. The van der Waals surface area contributed by atoms with Gasteiger partial charge in [0, 0.05) is 25.2 Å². The van der Waals surface area contributed by atoms with Crippen molar-refractivity contribution in [2.75, 3.05) is 33.2 Å². The van der Waals surface area contributed by atoms with Crippen molar-refractivity contribution in [1.82, 2.24) is 19.9 Å². The number of benzene rings is 1. The van der Waals surface area contributed by atoms with E-state index in [4.69, 9.17) is 18.8 Å². The maximum atomic E-state index is 13.1. The third kappa shape index (κ3) is 5.74. The summed E-state index contributed by atoms with van der Waals surface area (Å²) in [7, 11) is 2.09. The fourth-order valence-corrected chi connectivity index (χ4v) is 4.24. The molecule has 1 aliphatic rings. The zero-order valence-corrected chi connectivity index (χ0v) is 19.8. The minimum absolute atomic E-state index is 0.0359. The Bertz CT molecular complexity index is 1350. The first-order valence-electron chi connectivity index (χ1n) is 10.8. The zero-order valence-electron chi connectivity index (χ0n) is 19.0. The molecule has 4 aromatic rings. The Hall–Kier alpha value is -3.71. The van der Waals surface area contributed by atoms with Crippen molar-refractivity contribution in [2.24, 2.45) is 0 Å². The predicted molar refractivity (Wildman–Crippen MR) is 125 cm³/mol. The van der Waals surface area contributed by atoms with Gasteiger partial charge in [-0.1, -0.05) is 11.2 Å². The second-order valence-corrected chi connectivity index (χ2v) is 8.96. The molecule has 0 spiro atoms. The second-order valence-electron chi connectivity index (χ2n) is 8.01. The van der Waals surface area contributed by atoms with E-state index < -0.39 is 12.1 Å². The highest BCUT2D eigenvalue weighted by atomic mass is 32.1. The van der Waals surface area contributed by atoms with Crippen LogP contribution in [0.1, 0.15) is 16.8 Å². The molecular weight excluding hydrogens is 501 g/mol. The summed E-state index contributed by atoms with van der Waals surface area (Å²) in [6.45, 7) is 3.40. The molecule has 1 N–H and O–H groups in total. The molecule has 1 aliphatic heterocycles. The molecule has 1 aromatic carbocycles. The number of fused-ring (bicyclic) bond motifs is 1. The number of carboxylic acid groups (broad SMARTS) is 1. The van der Waals surface area contributed by atoms with Crippen LogP contribution in [-0.2, 0) is 4.79 Å². The fraction of sp³-hybridized carbons (Fsp3) is 0.304. The summed E-state index contributed by atoms with van der Waals surface area (Å²) >= 11 is 1.56. The van der Waals surface area contributed by atoms with Gasteiger partial charge in [-0.25, -0.2) is 9.78 Å². The molecule has 0 bridgehead atoms. The Balaban J connectivity index is 0.000000384. The molecule has 13 heteroatoms. The molecule has 190 valence electrons. The van der Waals surface area contributed by atoms with Gasteiger partial charge in [-0.05, 0) is 49.7 Å². The summed E-state index contributed by atoms with van der Waals surface area (Å²) in [4.78, 5) is 31.6. The minimum Gasteiger partial charge on any atom is -0.475 e. The predicted octanol–water partition coefficient (Wildman–Crippen LogP) is 4.62. The number of carbonyl (C=O) groups is 2. The molecular formula is C23H21F3N4O5S. The number of hydrogen-bond donors (Lipinski definition) is 1. The van der Waals surface area contributed by atoms with Gasteiger partial charge < -0.3 is 23.8 Å². The number of halogens is 3. The normalized spacial score (nSPS) is 14.8. The Kier molecular flexibility index (Phi) is 7.40. The van der Waals surface area contributed by atoms with Crippen LogP contribution in [0.25, 0.3) is 33.1 Å². The lowest BCUT2D eigenvalue weighted by Gasteiger charge is -2.20. The summed E-state index contributed by atoms with van der Waals surface area (Å²) in [6, 6.07) is 9.35. The van der Waals surface area contributed by atoms with E-state index >= 15 is 0 Å².